The first-order valence-electron chi connectivity index (χ1n) is 14.0. The van der Waals surface area contributed by atoms with E-state index in [-0.39, 0.29) is 24.9 Å². The molecule has 0 aliphatic heterocycles. The van der Waals surface area contributed by atoms with Gasteiger partial charge < -0.3 is 25.1 Å². The third-order valence-corrected chi connectivity index (χ3v) is 8.01. The van der Waals surface area contributed by atoms with Crippen molar-refractivity contribution in [2.24, 2.45) is 5.92 Å². The Morgan fingerprint density at radius 2 is 1.54 bits per heavy atom. The normalized spacial score (nSPS) is 14.4. The Labute approximate surface area is 239 Å². The number of esters is 1. The number of hydrogen-bond donors (Lipinski definition) is 3. The molecule has 3 atom stereocenters. The molecule has 1 aliphatic rings. The van der Waals surface area contributed by atoms with Crippen LogP contribution in [0.15, 0.2) is 79.0 Å². The molecule has 3 aromatic carbocycles. The van der Waals surface area contributed by atoms with Gasteiger partial charge in [-0.05, 0) is 39.8 Å². The van der Waals surface area contributed by atoms with Crippen molar-refractivity contribution in [1.82, 2.24) is 15.6 Å². The summed E-state index contributed by atoms with van der Waals surface area (Å²) in [6.45, 7) is 3.95. The summed E-state index contributed by atoms with van der Waals surface area (Å²) in [6.07, 6.45) is 2.01. The SMILES string of the molecule is CC[C@H](C)[C@H](NC(=O)OCC1c2ccccc2-c2ccccc21)C(=O)N[C@@H](Cc1c[nH]c2ccccc12)C(=O)OC. The van der Waals surface area contributed by atoms with E-state index in [1.807, 2.05) is 68.6 Å². The second-order valence-corrected chi connectivity index (χ2v) is 10.5. The molecular formula is C33H35N3O5. The zero-order valence-corrected chi connectivity index (χ0v) is 23.5. The molecule has 1 heterocycles. The molecule has 0 fully saturated rings. The highest BCUT2D eigenvalue weighted by Gasteiger charge is 2.33. The molecule has 4 aromatic rings. The van der Waals surface area contributed by atoms with E-state index in [1.165, 1.54) is 7.11 Å². The molecule has 212 valence electrons. The number of amides is 2. The quantitative estimate of drug-likeness (QED) is 0.230. The summed E-state index contributed by atoms with van der Waals surface area (Å²) in [7, 11) is 1.29. The van der Waals surface area contributed by atoms with Gasteiger partial charge in [0, 0.05) is 29.4 Å². The van der Waals surface area contributed by atoms with Gasteiger partial charge in [-0.2, -0.15) is 0 Å². The molecule has 1 aliphatic carbocycles. The maximum absolute atomic E-state index is 13.5. The predicted molar refractivity (Wildman–Crippen MR) is 157 cm³/mol. The number of methoxy groups -OCH3 is 1. The Balaban J connectivity index is 1.27. The maximum Gasteiger partial charge on any atom is 0.407 e. The third kappa shape index (κ3) is 5.82. The number of carbonyl (C=O) groups excluding carboxylic acids is 3. The molecule has 0 saturated heterocycles. The Hall–Kier alpha value is -4.59. The van der Waals surface area contributed by atoms with Crippen molar-refractivity contribution in [3.05, 3.63) is 95.7 Å². The smallest absolute Gasteiger partial charge is 0.407 e. The van der Waals surface area contributed by atoms with E-state index in [1.54, 1.807) is 0 Å². The minimum Gasteiger partial charge on any atom is -0.467 e. The van der Waals surface area contributed by atoms with Crippen LogP contribution >= 0.6 is 0 Å². The van der Waals surface area contributed by atoms with E-state index in [9.17, 15) is 14.4 Å². The number of para-hydroxylation sites is 1. The van der Waals surface area contributed by atoms with Crippen LogP contribution in [-0.2, 0) is 25.5 Å². The number of aromatic nitrogens is 1. The molecule has 0 saturated carbocycles. The van der Waals surface area contributed by atoms with E-state index in [2.05, 4.69) is 39.9 Å². The van der Waals surface area contributed by atoms with E-state index >= 15 is 0 Å². The Morgan fingerprint density at radius 3 is 2.20 bits per heavy atom. The number of H-pyrrole nitrogens is 1. The summed E-state index contributed by atoms with van der Waals surface area (Å²) in [4.78, 5) is 42.4. The van der Waals surface area contributed by atoms with Crippen LogP contribution in [0.5, 0.6) is 0 Å². The van der Waals surface area contributed by atoms with E-state index in [0.29, 0.717) is 6.42 Å². The van der Waals surface area contributed by atoms with Gasteiger partial charge in [0.2, 0.25) is 5.91 Å². The summed E-state index contributed by atoms with van der Waals surface area (Å²) < 4.78 is 10.7. The first-order valence-corrected chi connectivity index (χ1v) is 14.0. The van der Waals surface area contributed by atoms with Crippen molar-refractivity contribution in [2.45, 2.75) is 44.7 Å². The van der Waals surface area contributed by atoms with Crippen molar-refractivity contribution < 1.29 is 23.9 Å². The van der Waals surface area contributed by atoms with Gasteiger partial charge in [-0.25, -0.2) is 9.59 Å². The number of aromatic amines is 1. The van der Waals surface area contributed by atoms with Crippen molar-refractivity contribution >= 4 is 28.9 Å². The topological polar surface area (TPSA) is 110 Å². The van der Waals surface area contributed by atoms with E-state index < -0.39 is 30.1 Å². The lowest BCUT2D eigenvalue weighted by molar-refractivity contribution is -0.145. The van der Waals surface area contributed by atoms with Gasteiger partial charge in [-0.15, -0.1) is 0 Å². The van der Waals surface area contributed by atoms with Crippen molar-refractivity contribution in [3.8, 4) is 11.1 Å². The van der Waals surface area contributed by atoms with Crippen LogP contribution in [0.1, 0.15) is 42.9 Å². The molecule has 0 unspecified atom stereocenters. The predicted octanol–water partition coefficient (Wildman–Crippen LogP) is 5.32. The Morgan fingerprint density at radius 1 is 0.902 bits per heavy atom. The van der Waals surface area contributed by atoms with Gasteiger partial charge in [0.15, 0.2) is 0 Å². The number of ether oxygens (including phenoxy) is 2. The lowest BCUT2D eigenvalue weighted by Crippen LogP contribution is -2.54. The van der Waals surface area contributed by atoms with E-state index in [4.69, 9.17) is 9.47 Å². The average molecular weight is 554 g/mol. The van der Waals surface area contributed by atoms with Crippen molar-refractivity contribution in [1.29, 1.82) is 0 Å². The number of rotatable bonds is 10. The summed E-state index contributed by atoms with van der Waals surface area (Å²) >= 11 is 0. The lowest BCUT2D eigenvalue weighted by Gasteiger charge is -2.26. The number of benzene rings is 3. The molecule has 8 nitrogen and oxygen atoms in total. The molecule has 0 spiro atoms. The fourth-order valence-corrected chi connectivity index (χ4v) is 5.59. The second-order valence-electron chi connectivity index (χ2n) is 10.5. The van der Waals surface area contributed by atoms with Crippen LogP contribution in [0.4, 0.5) is 4.79 Å². The van der Waals surface area contributed by atoms with Crippen molar-refractivity contribution in [3.63, 3.8) is 0 Å². The second kappa shape index (κ2) is 12.3. The van der Waals surface area contributed by atoms with Gasteiger partial charge >= 0.3 is 12.1 Å². The van der Waals surface area contributed by atoms with Crippen molar-refractivity contribution in [2.75, 3.05) is 13.7 Å². The number of carbonyl (C=O) groups is 3. The standard InChI is InChI=1S/C33H35N3O5/c1-4-20(2)30(31(37)35-29(32(38)40-3)17-21-18-34-28-16-10-9-11-22(21)28)36-33(39)41-19-27-25-14-7-5-12-23(25)24-13-6-8-15-26(24)27/h5-16,18,20,27,29-30,34H,4,17,19H2,1-3H3,(H,35,37)(H,36,39)/t20-,29-,30-/m0/s1. The summed E-state index contributed by atoms with van der Waals surface area (Å²) in [5.74, 6) is -1.33. The first-order chi connectivity index (χ1) is 19.9. The minimum atomic E-state index is -0.928. The van der Waals surface area contributed by atoms with Gasteiger partial charge in [0.1, 0.15) is 18.7 Å². The highest BCUT2D eigenvalue weighted by Crippen LogP contribution is 2.44. The van der Waals surface area contributed by atoms with Gasteiger partial charge in [0.25, 0.3) is 0 Å². The minimum absolute atomic E-state index is 0.0936. The van der Waals surface area contributed by atoms with Crippen LogP contribution in [0.3, 0.4) is 0 Å². The number of fused-ring (bicyclic) bond motifs is 4. The van der Waals surface area contributed by atoms with Crippen LogP contribution in [-0.4, -0.2) is 48.8 Å². The average Bonchev–Trinajstić information content (AvgIpc) is 3.56. The van der Waals surface area contributed by atoms with Crippen LogP contribution < -0.4 is 10.6 Å². The molecule has 0 bridgehead atoms. The highest BCUT2D eigenvalue weighted by molar-refractivity contribution is 5.91. The maximum atomic E-state index is 13.5. The number of hydrogen-bond acceptors (Lipinski definition) is 5. The molecule has 8 heteroatoms. The fraction of sp³-hybridized carbons (Fsp3) is 0.303. The highest BCUT2D eigenvalue weighted by atomic mass is 16.5. The van der Waals surface area contributed by atoms with E-state index in [0.717, 1.165) is 38.7 Å². The fourth-order valence-electron chi connectivity index (χ4n) is 5.59. The number of nitrogens with one attached hydrogen (secondary N) is 3. The third-order valence-electron chi connectivity index (χ3n) is 8.01. The molecule has 5 rings (SSSR count). The molecule has 41 heavy (non-hydrogen) atoms. The Bertz CT molecular complexity index is 1520. The summed E-state index contributed by atoms with van der Waals surface area (Å²) in [6, 6.07) is 22.1. The van der Waals surface area contributed by atoms with Crippen LogP contribution in [0.2, 0.25) is 0 Å². The number of alkyl carbamates (subject to hydrolysis) is 1. The molecule has 2 amide bonds. The first kappa shape index (κ1) is 28.0. The monoisotopic (exact) mass is 553 g/mol. The Kier molecular flexibility index (Phi) is 8.38. The summed E-state index contributed by atoms with van der Waals surface area (Å²) in [5.41, 5.74) is 6.30. The van der Waals surface area contributed by atoms with Gasteiger partial charge in [-0.1, -0.05) is 87.0 Å². The lowest BCUT2D eigenvalue weighted by atomic mass is 9.97. The zero-order valence-electron chi connectivity index (χ0n) is 23.5. The molecule has 0 radical (unpaired) electrons. The van der Waals surface area contributed by atoms with Crippen LogP contribution in [0, 0.1) is 5.92 Å². The molecular weight excluding hydrogens is 518 g/mol. The van der Waals surface area contributed by atoms with Gasteiger partial charge in [0.05, 0.1) is 7.11 Å². The zero-order chi connectivity index (χ0) is 28.9. The summed E-state index contributed by atoms with van der Waals surface area (Å²) in [5, 5.41) is 6.54. The largest absolute Gasteiger partial charge is 0.467 e. The van der Waals surface area contributed by atoms with Gasteiger partial charge in [-0.3, -0.25) is 4.79 Å². The molecule has 1 aromatic heterocycles. The molecule has 3 N–H and O–H groups in total. The van der Waals surface area contributed by atoms with Crippen LogP contribution in [0.25, 0.3) is 22.0 Å².